The molecule has 1 N–H and O–H groups in total. The van der Waals surface area contributed by atoms with Crippen molar-refractivity contribution in [1.29, 1.82) is 0 Å². The zero-order valence-corrected chi connectivity index (χ0v) is 11.8. The number of hydrogen-bond acceptors (Lipinski definition) is 2. The summed E-state index contributed by atoms with van der Waals surface area (Å²) in [5.41, 5.74) is 5.07. The molecule has 1 aliphatic rings. The van der Waals surface area contributed by atoms with Crippen LogP contribution in [0.4, 0.5) is 0 Å². The highest BCUT2D eigenvalue weighted by Crippen LogP contribution is 2.33. The Kier molecular flexibility index (Phi) is 2.90. The molecule has 1 aromatic carbocycles. The molecular formula is C17H20N2. The molecule has 2 heteroatoms. The van der Waals surface area contributed by atoms with E-state index in [2.05, 4.69) is 55.6 Å². The normalized spacial score (nSPS) is 20.9. The number of pyridine rings is 1. The molecule has 3 rings (SSSR count). The first-order valence-corrected chi connectivity index (χ1v) is 6.84. The molecule has 19 heavy (non-hydrogen) atoms. The number of fused-ring (bicyclic) bond motifs is 1. The molecule has 98 valence electrons. The van der Waals surface area contributed by atoms with Gasteiger partial charge in [-0.1, -0.05) is 30.3 Å². The van der Waals surface area contributed by atoms with Crippen LogP contribution < -0.4 is 5.32 Å². The SMILES string of the molecule is Cc1cccc(C2NC(C)(C)Cc3ccccc32)n1. The van der Waals surface area contributed by atoms with E-state index in [9.17, 15) is 0 Å². The van der Waals surface area contributed by atoms with Crippen LogP contribution in [0.5, 0.6) is 0 Å². The maximum Gasteiger partial charge on any atom is 0.0758 e. The third kappa shape index (κ3) is 2.41. The summed E-state index contributed by atoms with van der Waals surface area (Å²) in [6, 6.07) is 15.1. The number of hydrogen-bond donors (Lipinski definition) is 1. The summed E-state index contributed by atoms with van der Waals surface area (Å²) < 4.78 is 0. The van der Waals surface area contributed by atoms with Crippen LogP contribution in [0.2, 0.25) is 0 Å². The van der Waals surface area contributed by atoms with Gasteiger partial charge in [0.1, 0.15) is 0 Å². The van der Waals surface area contributed by atoms with Crippen molar-refractivity contribution < 1.29 is 0 Å². The van der Waals surface area contributed by atoms with E-state index in [1.165, 1.54) is 11.1 Å². The lowest BCUT2D eigenvalue weighted by atomic mass is 9.82. The van der Waals surface area contributed by atoms with Crippen molar-refractivity contribution in [2.45, 2.75) is 38.8 Å². The molecule has 0 spiro atoms. The Morgan fingerprint density at radius 3 is 2.68 bits per heavy atom. The Bertz CT molecular complexity index is 602. The third-order valence-corrected chi connectivity index (χ3v) is 3.74. The van der Waals surface area contributed by atoms with E-state index in [1.807, 2.05) is 13.0 Å². The minimum absolute atomic E-state index is 0.102. The van der Waals surface area contributed by atoms with Crippen molar-refractivity contribution in [3.8, 4) is 0 Å². The molecule has 1 unspecified atom stereocenters. The molecule has 0 fully saturated rings. The molecule has 0 radical (unpaired) electrons. The van der Waals surface area contributed by atoms with E-state index in [1.54, 1.807) is 0 Å². The zero-order valence-electron chi connectivity index (χ0n) is 11.8. The van der Waals surface area contributed by atoms with Crippen LogP contribution >= 0.6 is 0 Å². The zero-order chi connectivity index (χ0) is 13.5. The molecule has 0 aliphatic carbocycles. The Balaban J connectivity index is 2.10. The van der Waals surface area contributed by atoms with Gasteiger partial charge >= 0.3 is 0 Å². The quantitative estimate of drug-likeness (QED) is 0.841. The Morgan fingerprint density at radius 2 is 1.89 bits per heavy atom. The van der Waals surface area contributed by atoms with Crippen molar-refractivity contribution >= 4 is 0 Å². The lowest BCUT2D eigenvalue weighted by Crippen LogP contribution is -2.48. The van der Waals surface area contributed by atoms with Crippen LogP contribution in [0.25, 0.3) is 0 Å². The highest BCUT2D eigenvalue weighted by molar-refractivity contribution is 5.39. The average Bonchev–Trinajstić information content (AvgIpc) is 2.36. The van der Waals surface area contributed by atoms with E-state index in [4.69, 9.17) is 4.98 Å². The molecule has 0 bridgehead atoms. The maximum atomic E-state index is 4.70. The molecular weight excluding hydrogens is 232 g/mol. The third-order valence-electron chi connectivity index (χ3n) is 3.74. The Morgan fingerprint density at radius 1 is 1.11 bits per heavy atom. The second-order valence-electron chi connectivity index (χ2n) is 6.04. The van der Waals surface area contributed by atoms with Crippen molar-refractivity contribution in [3.63, 3.8) is 0 Å². The van der Waals surface area contributed by atoms with Crippen LogP contribution in [-0.2, 0) is 6.42 Å². The lowest BCUT2D eigenvalue weighted by Gasteiger charge is -2.38. The van der Waals surface area contributed by atoms with Crippen LogP contribution in [0.1, 0.15) is 42.4 Å². The number of aryl methyl sites for hydroxylation is 1. The van der Waals surface area contributed by atoms with Crippen LogP contribution in [0.3, 0.4) is 0 Å². The first-order chi connectivity index (χ1) is 9.05. The maximum absolute atomic E-state index is 4.70. The minimum Gasteiger partial charge on any atom is -0.300 e. The average molecular weight is 252 g/mol. The second-order valence-corrected chi connectivity index (χ2v) is 6.04. The summed E-state index contributed by atoms with van der Waals surface area (Å²) in [6.45, 7) is 6.56. The fourth-order valence-corrected chi connectivity index (χ4v) is 2.93. The minimum atomic E-state index is 0.102. The van der Waals surface area contributed by atoms with Gasteiger partial charge in [-0.2, -0.15) is 0 Å². The number of rotatable bonds is 1. The standard InChI is InChI=1S/C17H20N2/c1-12-7-6-10-15(18-12)16-14-9-5-4-8-13(14)11-17(2,3)19-16/h4-10,16,19H,11H2,1-3H3. The van der Waals surface area contributed by atoms with Gasteiger partial charge in [0.05, 0.1) is 11.7 Å². The van der Waals surface area contributed by atoms with E-state index >= 15 is 0 Å². The fourth-order valence-electron chi connectivity index (χ4n) is 2.93. The van der Waals surface area contributed by atoms with Gasteiger partial charge in [0.2, 0.25) is 0 Å². The van der Waals surface area contributed by atoms with Crippen molar-refractivity contribution in [1.82, 2.24) is 10.3 Å². The topological polar surface area (TPSA) is 24.9 Å². The molecule has 1 aliphatic heterocycles. The van der Waals surface area contributed by atoms with Gasteiger partial charge < -0.3 is 0 Å². The highest BCUT2D eigenvalue weighted by atomic mass is 15.0. The lowest BCUT2D eigenvalue weighted by molar-refractivity contribution is 0.330. The molecule has 1 aromatic heterocycles. The molecule has 0 amide bonds. The predicted octanol–water partition coefficient (Wildman–Crippen LogP) is 3.40. The molecule has 2 heterocycles. The van der Waals surface area contributed by atoms with Crippen LogP contribution in [-0.4, -0.2) is 10.5 Å². The van der Waals surface area contributed by atoms with E-state index < -0.39 is 0 Å². The molecule has 2 nitrogen and oxygen atoms in total. The first-order valence-electron chi connectivity index (χ1n) is 6.84. The van der Waals surface area contributed by atoms with Gasteiger partial charge in [0, 0.05) is 11.2 Å². The Labute approximate surface area is 114 Å². The summed E-state index contributed by atoms with van der Waals surface area (Å²) in [6.07, 6.45) is 1.06. The molecule has 1 atom stereocenters. The van der Waals surface area contributed by atoms with Crippen molar-refractivity contribution in [2.24, 2.45) is 0 Å². The van der Waals surface area contributed by atoms with Gasteiger partial charge in [-0.15, -0.1) is 0 Å². The Hall–Kier alpha value is -1.67. The number of benzene rings is 1. The number of nitrogens with zero attached hydrogens (tertiary/aromatic N) is 1. The number of nitrogens with one attached hydrogen (secondary N) is 1. The van der Waals surface area contributed by atoms with Gasteiger partial charge in [-0.05, 0) is 50.5 Å². The van der Waals surface area contributed by atoms with Gasteiger partial charge in [0.15, 0.2) is 0 Å². The van der Waals surface area contributed by atoms with Gasteiger partial charge in [-0.25, -0.2) is 0 Å². The van der Waals surface area contributed by atoms with Crippen molar-refractivity contribution in [3.05, 3.63) is 65.0 Å². The van der Waals surface area contributed by atoms with Gasteiger partial charge in [0.25, 0.3) is 0 Å². The van der Waals surface area contributed by atoms with E-state index in [0.29, 0.717) is 0 Å². The second kappa shape index (κ2) is 4.46. The predicted molar refractivity (Wildman–Crippen MR) is 78.2 cm³/mol. The van der Waals surface area contributed by atoms with Gasteiger partial charge in [-0.3, -0.25) is 10.3 Å². The smallest absolute Gasteiger partial charge is 0.0758 e. The summed E-state index contributed by atoms with van der Waals surface area (Å²) in [7, 11) is 0. The monoisotopic (exact) mass is 252 g/mol. The van der Waals surface area contributed by atoms with Crippen LogP contribution in [0, 0.1) is 6.92 Å². The summed E-state index contributed by atoms with van der Waals surface area (Å²) in [5.74, 6) is 0. The molecule has 0 saturated carbocycles. The fraction of sp³-hybridized carbons (Fsp3) is 0.353. The van der Waals surface area contributed by atoms with E-state index in [0.717, 1.165) is 17.8 Å². The molecule has 2 aromatic rings. The summed E-state index contributed by atoms with van der Waals surface area (Å²) >= 11 is 0. The van der Waals surface area contributed by atoms with E-state index in [-0.39, 0.29) is 11.6 Å². The highest BCUT2D eigenvalue weighted by Gasteiger charge is 2.32. The summed E-state index contributed by atoms with van der Waals surface area (Å²) in [4.78, 5) is 4.70. The van der Waals surface area contributed by atoms with Crippen molar-refractivity contribution in [2.75, 3.05) is 0 Å². The van der Waals surface area contributed by atoms with Crippen LogP contribution in [0.15, 0.2) is 42.5 Å². The number of aromatic nitrogens is 1. The largest absolute Gasteiger partial charge is 0.300 e. The first kappa shape index (κ1) is 12.4. The summed E-state index contributed by atoms with van der Waals surface area (Å²) in [5, 5.41) is 3.73. The molecule has 0 saturated heterocycles.